The molecule has 128 valence electrons. The highest BCUT2D eigenvalue weighted by atomic mass is 35.5. The number of carbonyl (C=O) groups is 1. The topological polar surface area (TPSA) is 65.8 Å². The summed E-state index contributed by atoms with van der Waals surface area (Å²) in [4.78, 5) is 16.5. The molecule has 1 aliphatic carbocycles. The van der Waals surface area contributed by atoms with Crippen LogP contribution in [0.3, 0.4) is 0 Å². The Hall–Kier alpha value is -2.90. The van der Waals surface area contributed by atoms with Crippen LogP contribution in [-0.2, 0) is 11.2 Å². The molecule has 0 radical (unpaired) electrons. The number of halogens is 1. The second kappa shape index (κ2) is 6.44. The van der Waals surface area contributed by atoms with Crippen molar-refractivity contribution in [3.05, 3.63) is 69.5 Å². The highest BCUT2D eigenvalue weighted by Crippen LogP contribution is 2.38. The van der Waals surface area contributed by atoms with Crippen LogP contribution in [0.2, 0.25) is 5.15 Å². The van der Waals surface area contributed by atoms with E-state index < -0.39 is 0 Å². The number of allylic oxidation sites excluding steroid dienone is 1. The average Bonchev–Trinajstić information content (AvgIpc) is 2.90. The SMILES string of the molecule is CC1=C2C=C(CCNC2=O)Cc2c1cc(C#N)cc2-c1ccnc(Cl)c1. The second-order valence-electron chi connectivity index (χ2n) is 6.55. The Morgan fingerprint density at radius 1 is 1.27 bits per heavy atom. The standard InChI is InChI=1S/C21H16ClN3O/c1-12-16-8-14(11-23)9-18(15-3-5-24-20(22)10-15)19(16)7-13-2-4-25-21(26)17(12)6-13/h3,5-6,8-10H,2,4,7H2,1H3,(H,25,26). The van der Waals surface area contributed by atoms with Crippen LogP contribution in [0.4, 0.5) is 0 Å². The van der Waals surface area contributed by atoms with Crippen molar-refractivity contribution in [2.45, 2.75) is 19.8 Å². The van der Waals surface area contributed by atoms with Crippen LogP contribution in [0.5, 0.6) is 0 Å². The van der Waals surface area contributed by atoms with Crippen molar-refractivity contribution in [2.75, 3.05) is 6.54 Å². The number of aromatic nitrogens is 1. The van der Waals surface area contributed by atoms with Crippen molar-refractivity contribution in [3.63, 3.8) is 0 Å². The van der Waals surface area contributed by atoms with Gasteiger partial charge in [0.15, 0.2) is 0 Å². The first-order valence-corrected chi connectivity index (χ1v) is 8.82. The molecule has 2 heterocycles. The summed E-state index contributed by atoms with van der Waals surface area (Å²) in [5.74, 6) is -0.0544. The molecule has 1 amide bonds. The summed E-state index contributed by atoms with van der Waals surface area (Å²) < 4.78 is 0. The van der Waals surface area contributed by atoms with E-state index in [1.54, 1.807) is 6.20 Å². The number of benzene rings is 1. The van der Waals surface area contributed by atoms with E-state index in [-0.39, 0.29) is 5.91 Å². The summed E-state index contributed by atoms with van der Waals surface area (Å²) in [6.45, 7) is 2.59. The van der Waals surface area contributed by atoms with E-state index >= 15 is 0 Å². The number of hydrogen-bond donors (Lipinski definition) is 1. The molecule has 1 aromatic heterocycles. The molecular weight excluding hydrogens is 346 g/mol. The fourth-order valence-electron chi connectivity index (χ4n) is 3.65. The van der Waals surface area contributed by atoms with Gasteiger partial charge in [-0.2, -0.15) is 5.26 Å². The number of fused-ring (bicyclic) bond motifs is 2. The molecule has 1 N–H and O–H groups in total. The van der Waals surface area contributed by atoms with Crippen molar-refractivity contribution in [3.8, 4) is 17.2 Å². The molecule has 1 aliphatic heterocycles. The number of nitriles is 1. The summed E-state index contributed by atoms with van der Waals surface area (Å²) in [7, 11) is 0. The number of rotatable bonds is 1. The zero-order valence-corrected chi connectivity index (χ0v) is 15.0. The van der Waals surface area contributed by atoms with E-state index in [0.717, 1.165) is 40.7 Å². The van der Waals surface area contributed by atoms with Gasteiger partial charge in [0.2, 0.25) is 0 Å². The number of nitrogens with zero attached hydrogens (tertiary/aromatic N) is 2. The second-order valence-corrected chi connectivity index (χ2v) is 6.94. The van der Waals surface area contributed by atoms with Crippen LogP contribution in [0.25, 0.3) is 16.7 Å². The third-order valence-electron chi connectivity index (χ3n) is 4.95. The van der Waals surface area contributed by atoms with Crippen molar-refractivity contribution < 1.29 is 4.79 Å². The van der Waals surface area contributed by atoms with Crippen LogP contribution < -0.4 is 5.32 Å². The maximum absolute atomic E-state index is 12.4. The van der Waals surface area contributed by atoms with E-state index in [9.17, 15) is 10.1 Å². The average molecular weight is 362 g/mol. The van der Waals surface area contributed by atoms with Crippen molar-refractivity contribution in [1.82, 2.24) is 10.3 Å². The Balaban J connectivity index is 2.03. The molecule has 1 aromatic carbocycles. The zero-order valence-electron chi connectivity index (χ0n) is 14.3. The number of nitrogens with one attached hydrogen (secondary N) is 1. The Bertz CT molecular complexity index is 1040. The quantitative estimate of drug-likeness (QED) is 0.779. The predicted molar refractivity (Wildman–Crippen MR) is 101 cm³/mol. The summed E-state index contributed by atoms with van der Waals surface area (Å²) in [6, 6.07) is 9.72. The minimum Gasteiger partial charge on any atom is -0.352 e. The minimum absolute atomic E-state index is 0.0544. The first-order valence-electron chi connectivity index (χ1n) is 8.44. The molecule has 2 bridgehead atoms. The number of pyridine rings is 1. The maximum atomic E-state index is 12.4. The lowest BCUT2D eigenvalue weighted by molar-refractivity contribution is -0.117. The fraction of sp³-hybridized carbons (Fsp3) is 0.190. The Labute approximate surface area is 156 Å². The van der Waals surface area contributed by atoms with Crippen molar-refractivity contribution >= 4 is 23.1 Å². The molecule has 0 atom stereocenters. The Morgan fingerprint density at radius 2 is 2.08 bits per heavy atom. The first kappa shape index (κ1) is 16.6. The summed E-state index contributed by atoms with van der Waals surface area (Å²) >= 11 is 6.09. The van der Waals surface area contributed by atoms with Crippen LogP contribution in [0, 0.1) is 11.3 Å². The lowest BCUT2D eigenvalue weighted by Gasteiger charge is -2.18. The largest absolute Gasteiger partial charge is 0.352 e. The van der Waals surface area contributed by atoms with Gasteiger partial charge in [-0.25, -0.2) is 4.98 Å². The Kier molecular flexibility index (Phi) is 4.10. The molecule has 4 rings (SSSR count). The monoisotopic (exact) mass is 361 g/mol. The third kappa shape index (κ3) is 2.81. The van der Waals surface area contributed by atoms with Gasteiger partial charge in [0, 0.05) is 18.3 Å². The lowest BCUT2D eigenvalue weighted by atomic mass is 9.87. The molecule has 0 unspecified atom stereocenters. The summed E-state index contributed by atoms with van der Waals surface area (Å²) in [5, 5.41) is 12.9. The highest BCUT2D eigenvalue weighted by molar-refractivity contribution is 6.29. The summed E-state index contributed by atoms with van der Waals surface area (Å²) in [5.41, 5.74) is 7.32. The zero-order chi connectivity index (χ0) is 18.3. The Morgan fingerprint density at radius 3 is 2.85 bits per heavy atom. The van der Waals surface area contributed by atoms with E-state index in [1.165, 1.54) is 5.57 Å². The van der Waals surface area contributed by atoms with Gasteiger partial charge in [0.1, 0.15) is 5.15 Å². The highest BCUT2D eigenvalue weighted by Gasteiger charge is 2.24. The van der Waals surface area contributed by atoms with E-state index in [2.05, 4.69) is 16.4 Å². The van der Waals surface area contributed by atoms with Crippen LogP contribution in [0.15, 0.2) is 47.7 Å². The molecular formula is C21H16ClN3O. The first-order chi connectivity index (χ1) is 12.6. The smallest absolute Gasteiger partial charge is 0.251 e. The molecule has 2 aliphatic rings. The van der Waals surface area contributed by atoms with Gasteiger partial charge in [-0.15, -0.1) is 0 Å². The van der Waals surface area contributed by atoms with Gasteiger partial charge >= 0.3 is 0 Å². The molecule has 0 fully saturated rings. The maximum Gasteiger partial charge on any atom is 0.251 e. The van der Waals surface area contributed by atoms with Crippen LogP contribution >= 0.6 is 11.6 Å². The van der Waals surface area contributed by atoms with Crippen molar-refractivity contribution in [2.24, 2.45) is 0 Å². The van der Waals surface area contributed by atoms with Gasteiger partial charge in [-0.3, -0.25) is 4.79 Å². The number of carbonyl (C=O) groups excluding carboxylic acids is 1. The van der Waals surface area contributed by atoms with Gasteiger partial charge in [-0.1, -0.05) is 17.2 Å². The number of hydrogen-bond acceptors (Lipinski definition) is 3. The normalized spacial score (nSPS) is 16.0. The van der Waals surface area contributed by atoms with Crippen LogP contribution in [0.1, 0.15) is 30.0 Å². The van der Waals surface area contributed by atoms with Crippen molar-refractivity contribution in [1.29, 1.82) is 5.26 Å². The fourth-order valence-corrected chi connectivity index (χ4v) is 3.83. The minimum atomic E-state index is -0.0544. The van der Waals surface area contributed by atoms with Crippen LogP contribution in [-0.4, -0.2) is 17.4 Å². The third-order valence-corrected chi connectivity index (χ3v) is 5.16. The van der Waals surface area contributed by atoms with E-state index in [4.69, 9.17) is 11.6 Å². The number of amides is 1. The molecule has 0 spiro atoms. The molecule has 5 heteroatoms. The molecule has 4 nitrogen and oxygen atoms in total. The molecule has 2 aromatic rings. The summed E-state index contributed by atoms with van der Waals surface area (Å²) in [6.07, 6.45) is 5.24. The molecule has 0 saturated carbocycles. The van der Waals surface area contributed by atoms with E-state index in [1.807, 2.05) is 37.3 Å². The predicted octanol–water partition coefficient (Wildman–Crippen LogP) is 4.05. The van der Waals surface area contributed by atoms with Gasteiger partial charge in [-0.05, 0) is 77.9 Å². The lowest BCUT2D eigenvalue weighted by Crippen LogP contribution is -2.24. The molecule has 0 saturated heterocycles. The van der Waals surface area contributed by atoms with Gasteiger partial charge < -0.3 is 5.32 Å². The van der Waals surface area contributed by atoms with Gasteiger partial charge in [0.05, 0.1) is 11.6 Å². The van der Waals surface area contributed by atoms with Gasteiger partial charge in [0.25, 0.3) is 5.91 Å². The van der Waals surface area contributed by atoms with E-state index in [0.29, 0.717) is 22.8 Å². The molecule has 26 heavy (non-hydrogen) atoms.